The molecule has 0 heterocycles. The van der Waals surface area contributed by atoms with Crippen LogP contribution < -0.4 is 0 Å². The fourth-order valence-electron chi connectivity index (χ4n) is 1.33. The highest BCUT2D eigenvalue weighted by Crippen LogP contribution is 2.17. The largest absolute Gasteiger partial charge is 0.465 e. The van der Waals surface area contributed by atoms with Gasteiger partial charge in [-0.05, 0) is 24.6 Å². The zero-order valence-corrected chi connectivity index (χ0v) is 9.52. The van der Waals surface area contributed by atoms with Gasteiger partial charge in [0.15, 0.2) is 0 Å². The third kappa shape index (κ3) is 3.08. The average molecular weight is 222 g/mol. The smallest absolute Gasteiger partial charge is 0.337 e. The fourth-order valence-corrected chi connectivity index (χ4v) is 1.33. The van der Waals surface area contributed by atoms with E-state index in [1.165, 1.54) is 14.0 Å². The van der Waals surface area contributed by atoms with E-state index in [2.05, 4.69) is 4.74 Å². The Morgan fingerprint density at radius 3 is 2.19 bits per heavy atom. The van der Waals surface area contributed by atoms with Crippen LogP contribution in [0.1, 0.15) is 35.9 Å². The number of carbonyl (C=O) groups is 2. The lowest BCUT2D eigenvalue weighted by molar-refractivity contribution is -0.145. The van der Waals surface area contributed by atoms with E-state index in [4.69, 9.17) is 4.74 Å². The SMILES string of the molecule is COC(=O)c1ccc(C(C)OC(C)=O)cc1. The molecule has 1 rings (SSSR count). The maximum Gasteiger partial charge on any atom is 0.337 e. The van der Waals surface area contributed by atoms with Crippen LogP contribution in [0.4, 0.5) is 0 Å². The molecule has 1 aromatic carbocycles. The molecule has 1 aromatic rings. The van der Waals surface area contributed by atoms with Gasteiger partial charge in [-0.2, -0.15) is 0 Å². The van der Waals surface area contributed by atoms with Crippen molar-refractivity contribution in [1.82, 2.24) is 0 Å². The van der Waals surface area contributed by atoms with Gasteiger partial charge in [-0.15, -0.1) is 0 Å². The lowest BCUT2D eigenvalue weighted by atomic mass is 10.1. The van der Waals surface area contributed by atoms with Gasteiger partial charge in [0, 0.05) is 6.92 Å². The normalized spacial score (nSPS) is 11.7. The topological polar surface area (TPSA) is 52.6 Å². The Morgan fingerprint density at radius 2 is 1.75 bits per heavy atom. The van der Waals surface area contributed by atoms with E-state index in [9.17, 15) is 9.59 Å². The first-order valence-electron chi connectivity index (χ1n) is 4.90. The number of esters is 2. The Balaban J connectivity index is 2.78. The van der Waals surface area contributed by atoms with Crippen molar-refractivity contribution in [2.24, 2.45) is 0 Å². The van der Waals surface area contributed by atoms with Gasteiger partial charge in [0.25, 0.3) is 0 Å². The second-order valence-electron chi connectivity index (χ2n) is 3.37. The molecule has 4 nitrogen and oxygen atoms in total. The number of hydrogen-bond donors (Lipinski definition) is 0. The second kappa shape index (κ2) is 5.30. The second-order valence-corrected chi connectivity index (χ2v) is 3.37. The van der Waals surface area contributed by atoms with E-state index in [-0.39, 0.29) is 18.0 Å². The van der Waals surface area contributed by atoms with Gasteiger partial charge in [-0.25, -0.2) is 4.79 Å². The molecule has 0 bridgehead atoms. The van der Waals surface area contributed by atoms with Crippen LogP contribution in [0.2, 0.25) is 0 Å². The standard InChI is InChI=1S/C12H14O4/c1-8(16-9(2)13)10-4-6-11(7-5-10)12(14)15-3/h4-8H,1-3H3. The molecule has 16 heavy (non-hydrogen) atoms. The fraction of sp³-hybridized carbons (Fsp3) is 0.333. The maximum atomic E-state index is 11.2. The van der Waals surface area contributed by atoms with Gasteiger partial charge < -0.3 is 9.47 Å². The highest BCUT2D eigenvalue weighted by atomic mass is 16.5. The summed E-state index contributed by atoms with van der Waals surface area (Å²) in [4.78, 5) is 21.9. The summed E-state index contributed by atoms with van der Waals surface area (Å²) in [6.07, 6.45) is -0.316. The van der Waals surface area contributed by atoms with E-state index in [1.807, 2.05) is 0 Å². The van der Waals surface area contributed by atoms with Gasteiger partial charge in [0.2, 0.25) is 0 Å². The van der Waals surface area contributed by atoms with Gasteiger partial charge in [-0.1, -0.05) is 12.1 Å². The van der Waals surface area contributed by atoms with Crippen LogP contribution >= 0.6 is 0 Å². The Kier molecular flexibility index (Phi) is 4.05. The van der Waals surface area contributed by atoms with Crippen LogP contribution in [-0.4, -0.2) is 19.0 Å². The summed E-state index contributed by atoms with van der Waals surface area (Å²) in [5, 5.41) is 0. The molecule has 0 aliphatic heterocycles. The molecular formula is C12H14O4. The van der Waals surface area contributed by atoms with Crippen LogP contribution in [-0.2, 0) is 14.3 Å². The van der Waals surface area contributed by atoms with Crippen molar-refractivity contribution in [3.05, 3.63) is 35.4 Å². The van der Waals surface area contributed by atoms with Crippen molar-refractivity contribution in [3.8, 4) is 0 Å². The number of ether oxygens (including phenoxy) is 2. The number of rotatable bonds is 3. The van der Waals surface area contributed by atoms with Crippen LogP contribution in [0.25, 0.3) is 0 Å². The van der Waals surface area contributed by atoms with Crippen LogP contribution in [0.3, 0.4) is 0 Å². The van der Waals surface area contributed by atoms with Gasteiger partial charge in [0.05, 0.1) is 12.7 Å². The van der Waals surface area contributed by atoms with Crippen molar-refractivity contribution in [2.75, 3.05) is 7.11 Å². The Hall–Kier alpha value is -1.84. The third-order valence-electron chi connectivity index (χ3n) is 2.14. The molecule has 0 aliphatic rings. The lowest BCUT2D eigenvalue weighted by Gasteiger charge is -2.12. The average Bonchev–Trinajstić information content (AvgIpc) is 2.27. The first-order valence-corrected chi connectivity index (χ1v) is 4.90. The molecule has 0 saturated carbocycles. The molecule has 0 saturated heterocycles. The Labute approximate surface area is 94.2 Å². The first kappa shape index (κ1) is 12.2. The van der Waals surface area contributed by atoms with Gasteiger partial charge >= 0.3 is 11.9 Å². The third-order valence-corrected chi connectivity index (χ3v) is 2.14. The van der Waals surface area contributed by atoms with Crippen LogP contribution in [0, 0.1) is 0 Å². The highest BCUT2D eigenvalue weighted by Gasteiger charge is 2.10. The van der Waals surface area contributed by atoms with Crippen LogP contribution in [0.15, 0.2) is 24.3 Å². The zero-order chi connectivity index (χ0) is 12.1. The zero-order valence-electron chi connectivity index (χ0n) is 9.52. The molecule has 1 atom stereocenters. The molecule has 86 valence electrons. The van der Waals surface area contributed by atoms with Gasteiger partial charge in [0.1, 0.15) is 6.10 Å². The van der Waals surface area contributed by atoms with E-state index < -0.39 is 0 Å². The first-order chi connectivity index (χ1) is 7.54. The van der Waals surface area contributed by atoms with Crippen molar-refractivity contribution >= 4 is 11.9 Å². The Bertz CT molecular complexity index is 381. The van der Waals surface area contributed by atoms with Crippen molar-refractivity contribution < 1.29 is 19.1 Å². The van der Waals surface area contributed by atoms with E-state index in [0.717, 1.165) is 5.56 Å². The van der Waals surface area contributed by atoms with Gasteiger partial charge in [-0.3, -0.25) is 4.79 Å². The highest BCUT2D eigenvalue weighted by molar-refractivity contribution is 5.89. The molecule has 0 aromatic heterocycles. The molecule has 0 spiro atoms. The molecular weight excluding hydrogens is 208 g/mol. The quantitative estimate of drug-likeness (QED) is 0.735. The minimum atomic E-state index is -0.383. The Morgan fingerprint density at radius 1 is 1.19 bits per heavy atom. The molecule has 1 unspecified atom stereocenters. The lowest BCUT2D eigenvalue weighted by Crippen LogP contribution is -2.06. The molecule has 4 heteroatoms. The molecule has 0 radical (unpaired) electrons. The number of hydrogen-bond acceptors (Lipinski definition) is 4. The van der Waals surface area contributed by atoms with E-state index in [1.54, 1.807) is 31.2 Å². The monoisotopic (exact) mass is 222 g/mol. The summed E-state index contributed by atoms with van der Waals surface area (Å²) in [7, 11) is 1.33. The van der Waals surface area contributed by atoms with E-state index in [0.29, 0.717) is 5.56 Å². The maximum absolute atomic E-state index is 11.2. The summed E-state index contributed by atoms with van der Waals surface area (Å²) in [5.41, 5.74) is 1.31. The minimum Gasteiger partial charge on any atom is -0.465 e. The van der Waals surface area contributed by atoms with Crippen molar-refractivity contribution in [2.45, 2.75) is 20.0 Å². The van der Waals surface area contributed by atoms with Crippen molar-refractivity contribution in [3.63, 3.8) is 0 Å². The summed E-state index contributed by atoms with van der Waals surface area (Å²) in [5.74, 6) is -0.712. The number of methoxy groups -OCH3 is 1. The summed E-state index contributed by atoms with van der Waals surface area (Å²) in [6, 6.07) is 6.75. The van der Waals surface area contributed by atoms with Crippen molar-refractivity contribution in [1.29, 1.82) is 0 Å². The van der Waals surface area contributed by atoms with Crippen LogP contribution in [0.5, 0.6) is 0 Å². The minimum absolute atomic E-state index is 0.316. The molecule has 0 amide bonds. The predicted molar refractivity (Wildman–Crippen MR) is 58.0 cm³/mol. The molecule has 0 fully saturated rings. The van der Waals surface area contributed by atoms with E-state index >= 15 is 0 Å². The predicted octanol–water partition coefficient (Wildman–Crippen LogP) is 2.10. The summed E-state index contributed by atoms with van der Waals surface area (Å²) >= 11 is 0. The number of carbonyl (C=O) groups excluding carboxylic acids is 2. The number of benzene rings is 1. The molecule has 0 aliphatic carbocycles. The summed E-state index contributed by atoms with van der Waals surface area (Å²) in [6.45, 7) is 3.13. The summed E-state index contributed by atoms with van der Waals surface area (Å²) < 4.78 is 9.58. The molecule has 0 N–H and O–H groups in total.